The van der Waals surface area contributed by atoms with Gasteiger partial charge < -0.3 is 19.7 Å². The normalized spacial score (nSPS) is 33.0. The number of amides is 1. The summed E-state index contributed by atoms with van der Waals surface area (Å²) in [5, 5.41) is 3.65. The Balaban J connectivity index is 1.93. The predicted octanol–water partition coefficient (Wildman–Crippen LogP) is 2.93. The number of nitrogens with one attached hydrogen (secondary N) is 1. The molecule has 3 unspecified atom stereocenters. The standard InChI is InChI=1S/C17H32N2O3/c1-13-17(5,9-11-21-13)18-12-14-8-6-7-10-19(14)15(20)22-16(2,3)4/h13-14,18H,6-12H2,1-5H3. The van der Waals surface area contributed by atoms with Crippen molar-refractivity contribution < 1.29 is 14.3 Å². The van der Waals surface area contributed by atoms with Gasteiger partial charge in [0.15, 0.2) is 0 Å². The molecule has 0 aromatic carbocycles. The van der Waals surface area contributed by atoms with Crippen molar-refractivity contribution in [3.05, 3.63) is 0 Å². The van der Waals surface area contributed by atoms with E-state index in [0.29, 0.717) is 0 Å². The number of piperidine rings is 1. The summed E-state index contributed by atoms with van der Waals surface area (Å²) in [5.41, 5.74) is -0.427. The lowest BCUT2D eigenvalue weighted by Crippen LogP contribution is -2.55. The Kier molecular flexibility index (Phi) is 5.38. The fourth-order valence-electron chi connectivity index (χ4n) is 3.19. The van der Waals surface area contributed by atoms with Crippen LogP contribution in [0.15, 0.2) is 0 Å². The van der Waals surface area contributed by atoms with Crippen LogP contribution in [0.4, 0.5) is 4.79 Å². The van der Waals surface area contributed by atoms with Crippen molar-refractivity contribution in [2.75, 3.05) is 19.7 Å². The molecule has 1 amide bonds. The molecule has 0 aromatic rings. The van der Waals surface area contributed by atoms with Gasteiger partial charge in [0.25, 0.3) is 0 Å². The number of likely N-dealkylation sites (tertiary alicyclic amines) is 1. The number of carbonyl (C=O) groups is 1. The van der Waals surface area contributed by atoms with Crippen LogP contribution in [0.25, 0.3) is 0 Å². The van der Waals surface area contributed by atoms with E-state index in [2.05, 4.69) is 19.2 Å². The Hall–Kier alpha value is -0.810. The molecule has 0 aliphatic carbocycles. The number of hydrogen-bond donors (Lipinski definition) is 1. The van der Waals surface area contributed by atoms with Gasteiger partial charge >= 0.3 is 6.09 Å². The second-order valence-electron chi connectivity index (χ2n) is 7.88. The van der Waals surface area contributed by atoms with Crippen LogP contribution >= 0.6 is 0 Å². The van der Waals surface area contributed by atoms with Crippen molar-refractivity contribution in [3.8, 4) is 0 Å². The summed E-state index contributed by atoms with van der Waals surface area (Å²) in [4.78, 5) is 14.3. The molecule has 5 heteroatoms. The minimum Gasteiger partial charge on any atom is -0.444 e. The van der Waals surface area contributed by atoms with E-state index in [1.807, 2.05) is 25.7 Å². The van der Waals surface area contributed by atoms with E-state index in [1.54, 1.807) is 0 Å². The number of ether oxygens (including phenoxy) is 2. The molecule has 2 heterocycles. The zero-order chi connectivity index (χ0) is 16.4. The molecule has 2 aliphatic rings. The molecule has 2 aliphatic heterocycles. The minimum atomic E-state index is -0.438. The number of hydrogen-bond acceptors (Lipinski definition) is 4. The van der Waals surface area contributed by atoms with Crippen molar-refractivity contribution in [3.63, 3.8) is 0 Å². The van der Waals surface area contributed by atoms with Gasteiger partial charge in [-0.25, -0.2) is 4.79 Å². The Morgan fingerprint density at radius 2 is 2.14 bits per heavy atom. The van der Waals surface area contributed by atoms with Gasteiger partial charge in [0, 0.05) is 31.3 Å². The summed E-state index contributed by atoms with van der Waals surface area (Å²) >= 11 is 0. The maximum Gasteiger partial charge on any atom is 0.410 e. The summed E-state index contributed by atoms with van der Waals surface area (Å²) in [6.45, 7) is 12.5. The van der Waals surface area contributed by atoms with E-state index in [1.165, 1.54) is 6.42 Å². The van der Waals surface area contributed by atoms with Gasteiger partial charge in [-0.2, -0.15) is 0 Å². The topological polar surface area (TPSA) is 50.8 Å². The summed E-state index contributed by atoms with van der Waals surface area (Å²) in [7, 11) is 0. The smallest absolute Gasteiger partial charge is 0.410 e. The van der Waals surface area contributed by atoms with Crippen molar-refractivity contribution in [2.45, 2.75) is 83.6 Å². The first-order chi connectivity index (χ1) is 10.2. The monoisotopic (exact) mass is 312 g/mol. The van der Waals surface area contributed by atoms with Crippen molar-refractivity contribution >= 4 is 6.09 Å². The molecule has 128 valence electrons. The zero-order valence-electron chi connectivity index (χ0n) is 14.8. The van der Waals surface area contributed by atoms with Crippen LogP contribution in [0.2, 0.25) is 0 Å². The van der Waals surface area contributed by atoms with Gasteiger partial charge in [-0.1, -0.05) is 0 Å². The Morgan fingerprint density at radius 3 is 2.73 bits per heavy atom. The molecular weight excluding hydrogens is 280 g/mol. The van der Waals surface area contributed by atoms with Gasteiger partial charge in [0.2, 0.25) is 0 Å². The second kappa shape index (κ2) is 6.75. The molecule has 1 N–H and O–H groups in total. The fraction of sp³-hybridized carbons (Fsp3) is 0.941. The molecule has 0 saturated carbocycles. The van der Waals surface area contributed by atoms with Crippen LogP contribution in [0.3, 0.4) is 0 Å². The largest absolute Gasteiger partial charge is 0.444 e. The van der Waals surface area contributed by atoms with E-state index in [4.69, 9.17) is 9.47 Å². The third-order valence-electron chi connectivity index (χ3n) is 4.88. The Morgan fingerprint density at radius 1 is 1.41 bits per heavy atom. The van der Waals surface area contributed by atoms with Crippen molar-refractivity contribution in [2.24, 2.45) is 0 Å². The summed E-state index contributed by atoms with van der Waals surface area (Å²) in [5.74, 6) is 0. The lowest BCUT2D eigenvalue weighted by Gasteiger charge is -2.39. The highest BCUT2D eigenvalue weighted by molar-refractivity contribution is 5.68. The Bertz CT molecular complexity index is 394. The molecule has 0 bridgehead atoms. The van der Waals surface area contributed by atoms with Gasteiger partial charge in [-0.3, -0.25) is 0 Å². The van der Waals surface area contributed by atoms with E-state index in [-0.39, 0.29) is 23.8 Å². The molecule has 22 heavy (non-hydrogen) atoms. The molecule has 5 nitrogen and oxygen atoms in total. The highest BCUT2D eigenvalue weighted by Gasteiger charge is 2.38. The van der Waals surface area contributed by atoms with Crippen molar-refractivity contribution in [1.82, 2.24) is 10.2 Å². The lowest BCUT2D eigenvalue weighted by atomic mass is 9.93. The van der Waals surface area contributed by atoms with Crippen LogP contribution in [0, 0.1) is 0 Å². The average molecular weight is 312 g/mol. The van der Waals surface area contributed by atoms with Gasteiger partial charge in [-0.15, -0.1) is 0 Å². The quantitative estimate of drug-likeness (QED) is 0.870. The Labute approximate surface area is 134 Å². The number of rotatable bonds is 3. The minimum absolute atomic E-state index is 0.0110. The highest BCUT2D eigenvalue weighted by Crippen LogP contribution is 2.26. The molecule has 2 rings (SSSR count). The van der Waals surface area contributed by atoms with E-state index in [0.717, 1.165) is 39.0 Å². The maximum absolute atomic E-state index is 12.4. The maximum atomic E-state index is 12.4. The van der Waals surface area contributed by atoms with E-state index < -0.39 is 5.60 Å². The summed E-state index contributed by atoms with van der Waals surface area (Å²) in [6.07, 6.45) is 4.33. The first kappa shape index (κ1) is 17.5. The number of carbonyl (C=O) groups excluding carboxylic acids is 1. The van der Waals surface area contributed by atoms with E-state index in [9.17, 15) is 4.79 Å². The fourth-order valence-corrected chi connectivity index (χ4v) is 3.19. The van der Waals surface area contributed by atoms with Gasteiger partial charge in [-0.05, 0) is 60.3 Å². The molecule has 0 radical (unpaired) electrons. The molecule has 2 saturated heterocycles. The third-order valence-corrected chi connectivity index (χ3v) is 4.88. The first-order valence-electron chi connectivity index (χ1n) is 8.57. The predicted molar refractivity (Wildman–Crippen MR) is 87.0 cm³/mol. The van der Waals surface area contributed by atoms with Gasteiger partial charge in [0.05, 0.1) is 6.10 Å². The molecule has 0 spiro atoms. The molecule has 0 aromatic heterocycles. The number of nitrogens with zero attached hydrogens (tertiary/aromatic N) is 1. The average Bonchev–Trinajstić information content (AvgIpc) is 2.75. The zero-order valence-corrected chi connectivity index (χ0v) is 14.8. The SMILES string of the molecule is CC1OCCC1(C)NCC1CCCCN1C(=O)OC(C)(C)C. The van der Waals surface area contributed by atoms with Crippen LogP contribution in [0.5, 0.6) is 0 Å². The first-order valence-corrected chi connectivity index (χ1v) is 8.57. The molecular formula is C17H32N2O3. The molecule has 3 atom stereocenters. The molecule has 2 fully saturated rings. The van der Waals surface area contributed by atoms with Crippen LogP contribution in [-0.2, 0) is 9.47 Å². The van der Waals surface area contributed by atoms with Crippen molar-refractivity contribution in [1.29, 1.82) is 0 Å². The van der Waals surface area contributed by atoms with Crippen LogP contribution in [0.1, 0.15) is 60.3 Å². The summed E-state index contributed by atoms with van der Waals surface area (Å²) < 4.78 is 11.2. The lowest BCUT2D eigenvalue weighted by molar-refractivity contribution is 0.00824. The van der Waals surface area contributed by atoms with Gasteiger partial charge in [0.1, 0.15) is 5.60 Å². The highest BCUT2D eigenvalue weighted by atomic mass is 16.6. The van der Waals surface area contributed by atoms with Crippen LogP contribution in [-0.4, -0.2) is 54.0 Å². The van der Waals surface area contributed by atoms with E-state index >= 15 is 0 Å². The summed E-state index contributed by atoms with van der Waals surface area (Å²) in [6, 6.07) is 0.216. The third kappa shape index (κ3) is 4.35. The second-order valence-corrected chi connectivity index (χ2v) is 7.88. The van der Waals surface area contributed by atoms with Crippen LogP contribution < -0.4 is 5.32 Å².